The molecule has 1 saturated heterocycles. The number of ether oxygens (including phenoxy) is 2. The Hall–Kier alpha value is -0.990. The predicted molar refractivity (Wildman–Crippen MR) is 30.8 cm³/mol. The second-order valence-electron chi connectivity index (χ2n) is 2.02. The van der Waals surface area contributed by atoms with Crippen molar-refractivity contribution in [2.45, 2.75) is 19.4 Å². The Morgan fingerprint density at radius 2 is 2.44 bits per heavy atom. The third-order valence-electron chi connectivity index (χ3n) is 1.04. The second-order valence-corrected chi connectivity index (χ2v) is 2.02. The third-order valence-corrected chi connectivity index (χ3v) is 1.04. The molecule has 3 nitrogen and oxygen atoms in total. The molecule has 1 aliphatic heterocycles. The van der Waals surface area contributed by atoms with E-state index in [1.54, 1.807) is 6.92 Å². The van der Waals surface area contributed by atoms with E-state index in [0.29, 0.717) is 12.2 Å². The first kappa shape index (κ1) is 6.13. The first-order valence-corrected chi connectivity index (χ1v) is 2.74. The Morgan fingerprint density at radius 3 is 2.89 bits per heavy atom. The lowest BCUT2D eigenvalue weighted by molar-refractivity contribution is 0.0135. The van der Waals surface area contributed by atoms with Crippen LogP contribution in [0.2, 0.25) is 0 Å². The number of carbonyl (C=O) groups is 1. The van der Waals surface area contributed by atoms with Crippen molar-refractivity contribution < 1.29 is 14.3 Å². The molecule has 0 N–H and O–H groups in total. The zero-order valence-electron chi connectivity index (χ0n) is 5.22. The van der Waals surface area contributed by atoms with E-state index in [9.17, 15) is 4.79 Å². The summed E-state index contributed by atoms with van der Waals surface area (Å²) in [4.78, 5) is 10.4. The van der Waals surface area contributed by atoms with Crippen LogP contribution in [0, 0.1) is 0 Å². The van der Waals surface area contributed by atoms with Crippen LogP contribution in [0.3, 0.4) is 0 Å². The van der Waals surface area contributed by atoms with Crippen LogP contribution in [-0.4, -0.2) is 12.3 Å². The van der Waals surface area contributed by atoms with Crippen LogP contribution in [-0.2, 0) is 9.47 Å². The number of hydrogen-bond donors (Lipinski definition) is 0. The summed E-state index contributed by atoms with van der Waals surface area (Å²) in [5.74, 6) is 0.485. The highest BCUT2D eigenvalue weighted by molar-refractivity contribution is 5.62. The number of cyclic esters (lactones) is 2. The minimum Gasteiger partial charge on any atom is -0.430 e. The first-order valence-electron chi connectivity index (χ1n) is 2.74. The average molecular weight is 128 g/mol. The number of carbonyl (C=O) groups excluding carboxylic acids is 1. The van der Waals surface area contributed by atoms with Gasteiger partial charge in [0.1, 0.15) is 11.9 Å². The SMILES string of the molecule is C=C1C[C@@H](C)OC(=O)O1. The van der Waals surface area contributed by atoms with Crippen molar-refractivity contribution in [2.75, 3.05) is 0 Å². The van der Waals surface area contributed by atoms with Crippen molar-refractivity contribution in [3.63, 3.8) is 0 Å². The average Bonchev–Trinajstić information content (AvgIpc) is 1.59. The molecule has 50 valence electrons. The quantitative estimate of drug-likeness (QED) is 0.463. The van der Waals surface area contributed by atoms with Crippen LogP contribution < -0.4 is 0 Å². The molecule has 0 amide bonds. The van der Waals surface area contributed by atoms with E-state index in [1.165, 1.54) is 0 Å². The fourth-order valence-electron chi connectivity index (χ4n) is 0.710. The van der Waals surface area contributed by atoms with E-state index < -0.39 is 6.16 Å². The van der Waals surface area contributed by atoms with E-state index in [-0.39, 0.29) is 6.10 Å². The van der Waals surface area contributed by atoms with Gasteiger partial charge in [0.2, 0.25) is 0 Å². The Bertz CT molecular complexity index is 134. The molecule has 0 aromatic rings. The van der Waals surface area contributed by atoms with Gasteiger partial charge in [0, 0.05) is 6.42 Å². The van der Waals surface area contributed by atoms with E-state index in [0.717, 1.165) is 0 Å². The van der Waals surface area contributed by atoms with Gasteiger partial charge in [0.25, 0.3) is 0 Å². The molecule has 1 atom stereocenters. The summed E-state index contributed by atoms with van der Waals surface area (Å²) in [6.45, 7) is 5.29. The third kappa shape index (κ3) is 1.45. The second kappa shape index (κ2) is 2.09. The van der Waals surface area contributed by atoms with Crippen LogP contribution in [0.5, 0.6) is 0 Å². The molecule has 0 aromatic heterocycles. The predicted octanol–water partition coefficient (Wildman–Crippen LogP) is 1.45. The minimum atomic E-state index is -0.640. The van der Waals surface area contributed by atoms with Gasteiger partial charge >= 0.3 is 6.16 Å². The zero-order valence-corrected chi connectivity index (χ0v) is 5.22. The summed E-state index contributed by atoms with van der Waals surface area (Å²) in [5.41, 5.74) is 0. The standard InChI is InChI=1S/C6H8O3/c1-4-3-5(2)9-6(7)8-4/h5H,1,3H2,2H3/t5-/m1/s1. The van der Waals surface area contributed by atoms with Gasteiger partial charge in [-0.05, 0) is 6.92 Å². The van der Waals surface area contributed by atoms with Crippen molar-refractivity contribution in [1.29, 1.82) is 0 Å². The highest BCUT2D eigenvalue weighted by Gasteiger charge is 2.19. The maximum absolute atomic E-state index is 10.4. The van der Waals surface area contributed by atoms with Gasteiger partial charge in [0.05, 0.1) is 0 Å². The maximum atomic E-state index is 10.4. The summed E-state index contributed by atoms with van der Waals surface area (Å²) in [6.07, 6.45) is -0.122. The van der Waals surface area contributed by atoms with Crippen LogP contribution in [0.15, 0.2) is 12.3 Å². The number of hydrogen-bond acceptors (Lipinski definition) is 3. The van der Waals surface area contributed by atoms with Gasteiger partial charge in [-0.2, -0.15) is 0 Å². The molecule has 0 radical (unpaired) electrons. The van der Waals surface area contributed by atoms with Crippen molar-refractivity contribution in [3.8, 4) is 0 Å². The van der Waals surface area contributed by atoms with Crippen LogP contribution in [0.25, 0.3) is 0 Å². The molecular formula is C6H8O3. The topological polar surface area (TPSA) is 35.5 Å². The van der Waals surface area contributed by atoms with Crippen LogP contribution in [0.1, 0.15) is 13.3 Å². The van der Waals surface area contributed by atoms with Crippen molar-refractivity contribution in [2.24, 2.45) is 0 Å². The van der Waals surface area contributed by atoms with Gasteiger partial charge in [-0.25, -0.2) is 4.79 Å². The molecule has 1 rings (SSSR count). The summed E-state index contributed by atoms with van der Waals surface area (Å²) in [5, 5.41) is 0. The first-order chi connectivity index (χ1) is 4.18. The summed E-state index contributed by atoms with van der Waals surface area (Å²) < 4.78 is 9.14. The Morgan fingerprint density at radius 1 is 1.78 bits per heavy atom. The Labute approximate surface area is 53.3 Å². The van der Waals surface area contributed by atoms with Gasteiger partial charge in [-0.1, -0.05) is 6.58 Å². The van der Waals surface area contributed by atoms with E-state index in [2.05, 4.69) is 16.1 Å². The largest absolute Gasteiger partial charge is 0.513 e. The number of rotatable bonds is 0. The van der Waals surface area contributed by atoms with Crippen molar-refractivity contribution >= 4 is 6.16 Å². The summed E-state index contributed by atoms with van der Waals surface area (Å²) >= 11 is 0. The van der Waals surface area contributed by atoms with Gasteiger partial charge in [-0.15, -0.1) is 0 Å². The molecule has 9 heavy (non-hydrogen) atoms. The highest BCUT2D eigenvalue weighted by Crippen LogP contribution is 2.15. The maximum Gasteiger partial charge on any atom is 0.513 e. The highest BCUT2D eigenvalue weighted by atomic mass is 16.7. The van der Waals surface area contributed by atoms with E-state index in [1.807, 2.05) is 0 Å². The molecule has 1 heterocycles. The molecule has 0 aliphatic carbocycles. The summed E-state index contributed by atoms with van der Waals surface area (Å²) in [6, 6.07) is 0. The Balaban J connectivity index is 2.53. The molecule has 1 fully saturated rings. The van der Waals surface area contributed by atoms with Gasteiger partial charge in [0.15, 0.2) is 0 Å². The zero-order chi connectivity index (χ0) is 6.85. The van der Waals surface area contributed by atoms with Crippen LogP contribution >= 0.6 is 0 Å². The van der Waals surface area contributed by atoms with Crippen molar-refractivity contribution in [3.05, 3.63) is 12.3 Å². The molecule has 1 aliphatic rings. The van der Waals surface area contributed by atoms with E-state index >= 15 is 0 Å². The normalized spacial score (nSPS) is 27.0. The molecule has 0 unspecified atom stereocenters. The molecule has 0 saturated carbocycles. The van der Waals surface area contributed by atoms with E-state index in [4.69, 9.17) is 0 Å². The fourth-order valence-corrected chi connectivity index (χ4v) is 0.710. The van der Waals surface area contributed by atoms with Crippen molar-refractivity contribution in [1.82, 2.24) is 0 Å². The van der Waals surface area contributed by atoms with Crippen LogP contribution in [0.4, 0.5) is 4.79 Å². The lowest BCUT2D eigenvalue weighted by Gasteiger charge is -2.19. The summed E-state index contributed by atoms with van der Waals surface area (Å²) in [7, 11) is 0. The monoisotopic (exact) mass is 128 g/mol. The lowest BCUT2D eigenvalue weighted by Crippen LogP contribution is -2.22. The fraction of sp³-hybridized carbons (Fsp3) is 0.500. The molecule has 3 heteroatoms. The molecular weight excluding hydrogens is 120 g/mol. The van der Waals surface area contributed by atoms with Gasteiger partial charge < -0.3 is 9.47 Å². The molecule has 0 bridgehead atoms. The molecule has 0 aromatic carbocycles. The van der Waals surface area contributed by atoms with Gasteiger partial charge in [-0.3, -0.25) is 0 Å². The minimum absolute atomic E-state index is 0.0845. The molecule has 0 spiro atoms. The Kier molecular flexibility index (Phi) is 1.42. The lowest BCUT2D eigenvalue weighted by atomic mass is 10.2. The smallest absolute Gasteiger partial charge is 0.430 e.